The molecular weight excluding hydrogens is 178 g/mol. The SMILES string of the molecule is CC(C)(C)CNc1nc(C2CC2)no1. The van der Waals surface area contributed by atoms with Crippen LogP contribution in [0.15, 0.2) is 4.52 Å². The van der Waals surface area contributed by atoms with Crippen molar-refractivity contribution in [1.29, 1.82) is 0 Å². The van der Waals surface area contributed by atoms with Crippen LogP contribution in [0.3, 0.4) is 0 Å². The molecule has 0 saturated heterocycles. The monoisotopic (exact) mass is 195 g/mol. The summed E-state index contributed by atoms with van der Waals surface area (Å²) in [5, 5.41) is 7.08. The Morgan fingerprint density at radius 2 is 2.14 bits per heavy atom. The molecule has 1 aromatic rings. The van der Waals surface area contributed by atoms with E-state index in [0.717, 1.165) is 12.4 Å². The van der Waals surface area contributed by atoms with Gasteiger partial charge in [-0.05, 0) is 18.3 Å². The van der Waals surface area contributed by atoms with E-state index in [1.54, 1.807) is 0 Å². The van der Waals surface area contributed by atoms with E-state index < -0.39 is 0 Å². The first kappa shape index (κ1) is 9.49. The molecule has 0 unspecified atom stereocenters. The lowest BCUT2D eigenvalue weighted by Gasteiger charge is -2.17. The lowest BCUT2D eigenvalue weighted by Crippen LogP contribution is -2.19. The fourth-order valence-electron chi connectivity index (χ4n) is 1.15. The van der Waals surface area contributed by atoms with Gasteiger partial charge < -0.3 is 9.84 Å². The summed E-state index contributed by atoms with van der Waals surface area (Å²) in [6.45, 7) is 7.34. The molecule has 0 aliphatic heterocycles. The lowest BCUT2D eigenvalue weighted by molar-refractivity contribution is 0.401. The predicted molar refractivity (Wildman–Crippen MR) is 54.2 cm³/mol. The predicted octanol–water partition coefficient (Wildman–Crippen LogP) is 2.41. The highest BCUT2D eigenvalue weighted by atomic mass is 16.5. The van der Waals surface area contributed by atoms with Crippen molar-refractivity contribution in [2.45, 2.75) is 39.5 Å². The smallest absolute Gasteiger partial charge is 0.321 e. The van der Waals surface area contributed by atoms with E-state index in [4.69, 9.17) is 4.52 Å². The maximum atomic E-state index is 5.09. The summed E-state index contributed by atoms with van der Waals surface area (Å²) in [7, 11) is 0. The van der Waals surface area contributed by atoms with Gasteiger partial charge in [0.05, 0.1) is 0 Å². The van der Waals surface area contributed by atoms with Crippen molar-refractivity contribution in [1.82, 2.24) is 10.1 Å². The highest BCUT2D eigenvalue weighted by molar-refractivity contribution is 5.21. The van der Waals surface area contributed by atoms with Gasteiger partial charge in [0.1, 0.15) is 0 Å². The van der Waals surface area contributed by atoms with Gasteiger partial charge in [-0.2, -0.15) is 4.98 Å². The van der Waals surface area contributed by atoms with Crippen molar-refractivity contribution in [2.75, 3.05) is 11.9 Å². The molecule has 78 valence electrons. The fourth-order valence-corrected chi connectivity index (χ4v) is 1.15. The van der Waals surface area contributed by atoms with E-state index in [1.165, 1.54) is 12.8 Å². The second kappa shape index (κ2) is 3.26. The third-order valence-corrected chi connectivity index (χ3v) is 2.15. The molecule has 1 aromatic heterocycles. The van der Waals surface area contributed by atoms with Gasteiger partial charge in [-0.25, -0.2) is 0 Å². The molecule has 14 heavy (non-hydrogen) atoms. The maximum absolute atomic E-state index is 5.09. The Kier molecular flexibility index (Phi) is 2.21. The Hall–Kier alpha value is -1.06. The second-order valence-corrected chi connectivity index (χ2v) is 5.15. The van der Waals surface area contributed by atoms with Crippen LogP contribution in [-0.2, 0) is 0 Å². The summed E-state index contributed by atoms with van der Waals surface area (Å²) >= 11 is 0. The molecule has 1 aliphatic rings. The quantitative estimate of drug-likeness (QED) is 0.804. The molecule has 0 spiro atoms. The minimum absolute atomic E-state index is 0.230. The van der Waals surface area contributed by atoms with Crippen LogP contribution in [0.5, 0.6) is 0 Å². The summed E-state index contributed by atoms with van der Waals surface area (Å²) in [5.41, 5.74) is 0.230. The average molecular weight is 195 g/mol. The van der Waals surface area contributed by atoms with Crippen LogP contribution in [0.4, 0.5) is 6.01 Å². The molecule has 2 rings (SSSR count). The highest BCUT2D eigenvalue weighted by Crippen LogP contribution is 2.38. The van der Waals surface area contributed by atoms with E-state index in [9.17, 15) is 0 Å². The van der Waals surface area contributed by atoms with Crippen molar-refractivity contribution >= 4 is 6.01 Å². The molecular formula is C10H17N3O. The summed E-state index contributed by atoms with van der Waals surface area (Å²) in [6, 6.07) is 0.557. The van der Waals surface area contributed by atoms with Crippen LogP contribution in [0.2, 0.25) is 0 Å². The van der Waals surface area contributed by atoms with Crippen LogP contribution in [0, 0.1) is 5.41 Å². The summed E-state index contributed by atoms with van der Waals surface area (Å²) < 4.78 is 5.09. The molecule has 1 fully saturated rings. The van der Waals surface area contributed by atoms with Crippen LogP contribution < -0.4 is 5.32 Å². The largest absolute Gasteiger partial charge is 0.337 e. The van der Waals surface area contributed by atoms with Crippen LogP contribution >= 0.6 is 0 Å². The number of aromatic nitrogens is 2. The van der Waals surface area contributed by atoms with Crippen LogP contribution in [0.1, 0.15) is 45.4 Å². The van der Waals surface area contributed by atoms with Crippen molar-refractivity contribution in [3.63, 3.8) is 0 Å². The first-order valence-electron chi connectivity index (χ1n) is 5.12. The van der Waals surface area contributed by atoms with Gasteiger partial charge in [-0.3, -0.25) is 0 Å². The summed E-state index contributed by atoms with van der Waals surface area (Å²) in [6.07, 6.45) is 2.41. The van der Waals surface area contributed by atoms with Crippen molar-refractivity contribution in [3.8, 4) is 0 Å². The Bertz CT molecular complexity index is 309. The minimum atomic E-state index is 0.230. The highest BCUT2D eigenvalue weighted by Gasteiger charge is 2.28. The number of nitrogens with one attached hydrogen (secondary N) is 1. The molecule has 0 radical (unpaired) electrons. The topological polar surface area (TPSA) is 51.0 Å². The summed E-state index contributed by atoms with van der Waals surface area (Å²) in [5.74, 6) is 1.42. The van der Waals surface area contributed by atoms with E-state index in [2.05, 4.69) is 36.2 Å². The summed E-state index contributed by atoms with van der Waals surface area (Å²) in [4.78, 5) is 4.29. The minimum Gasteiger partial charge on any atom is -0.337 e. The molecule has 0 amide bonds. The molecule has 4 nitrogen and oxygen atoms in total. The standard InChI is InChI=1S/C10H17N3O/c1-10(2,3)6-11-9-12-8(13-14-9)7-4-5-7/h7H,4-6H2,1-3H3,(H,11,12,13). The molecule has 4 heteroatoms. The van der Waals surface area contributed by atoms with Crippen molar-refractivity contribution < 1.29 is 4.52 Å². The number of anilines is 1. The molecule has 1 N–H and O–H groups in total. The molecule has 1 aliphatic carbocycles. The number of hydrogen-bond donors (Lipinski definition) is 1. The van der Waals surface area contributed by atoms with Crippen LogP contribution in [0.25, 0.3) is 0 Å². The van der Waals surface area contributed by atoms with E-state index in [1.807, 2.05) is 0 Å². The third kappa shape index (κ3) is 2.47. The van der Waals surface area contributed by atoms with Gasteiger partial charge in [-0.1, -0.05) is 25.9 Å². The molecule has 0 atom stereocenters. The van der Waals surface area contributed by atoms with Gasteiger partial charge in [0.15, 0.2) is 5.82 Å². The van der Waals surface area contributed by atoms with E-state index in [-0.39, 0.29) is 5.41 Å². The molecule has 1 heterocycles. The third-order valence-electron chi connectivity index (χ3n) is 2.15. The van der Waals surface area contributed by atoms with Crippen molar-refractivity contribution in [3.05, 3.63) is 5.82 Å². The fraction of sp³-hybridized carbons (Fsp3) is 0.800. The Balaban J connectivity index is 1.90. The Labute approximate surface area is 84.1 Å². The van der Waals surface area contributed by atoms with E-state index >= 15 is 0 Å². The zero-order valence-corrected chi connectivity index (χ0v) is 9.00. The Morgan fingerprint density at radius 3 is 2.71 bits per heavy atom. The maximum Gasteiger partial charge on any atom is 0.321 e. The normalized spacial score (nSPS) is 17.1. The Morgan fingerprint density at radius 1 is 1.43 bits per heavy atom. The number of rotatable bonds is 3. The van der Waals surface area contributed by atoms with Gasteiger partial charge >= 0.3 is 6.01 Å². The zero-order chi connectivity index (χ0) is 10.2. The lowest BCUT2D eigenvalue weighted by atomic mass is 9.97. The average Bonchev–Trinajstić information content (AvgIpc) is 2.81. The molecule has 0 aromatic carbocycles. The number of nitrogens with zero attached hydrogens (tertiary/aromatic N) is 2. The first-order valence-corrected chi connectivity index (χ1v) is 5.12. The second-order valence-electron chi connectivity index (χ2n) is 5.15. The van der Waals surface area contributed by atoms with Crippen LogP contribution in [-0.4, -0.2) is 16.7 Å². The zero-order valence-electron chi connectivity index (χ0n) is 9.00. The van der Waals surface area contributed by atoms with Gasteiger partial charge in [0.2, 0.25) is 0 Å². The molecule has 1 saturated carbocycles. The van der Waals surface area contributed by atoms with Gasteiger partial charge in [-0.15, -0.1) is 0 Å². The van der Waals surface area contributed by atoms with Crippen molar-refractivity contribution in [2.24, 2.45) is 5.41 Å². The van der Waals surface area contributed by atoms with E-state index in [0.29, 0.717) is 11.9 Å². The van der Waals surface area contributed by atoms with Gasteiger partial charge in [0, 0.05) is 12.5 Å². The first-order chi connectivity index (χ1) is 6.54. The molecule has 0 bridgehead atoms. The van der Waals surface area contributed by atoms with Gasteiger partial charge in [0.25, 0.3) is 0 Å². The number of hydrogen-bond acceptors (Lipinski definition) is 4.